The number of rotatable bonds is 3. The molecule has 1 aromatic rings. The van der Waals surface area contributed by atoms with Gasteiger partial charge in [-0.25, -0.2) is 8.78 Å². The van der Waals surface area contributed by atoms with Gasteiger partial charge in [-0.05, 0) is 4.92 Å². The van der Waals surface area contributed by atoms with Crippen LogP contribution < -0.4 is 4.74 Å². The summed E-state index contributed by atoms with van der Waals surface area (Å²) in [6, 6.07) is 0.0794. The largest absolute Gasteiger partial charge is 0.462 e. The van der Waals surface area contributed by atoms with Crippen molar-refractivity contribution in [1.82, 2.24) is 4.98 Å². The van der Waals surface area contributed by atoms with Gasteiger partial charge in [-0.2, -0.15) is 13.2 Å². The second kappa shape index (κ2) is 4.70. The molecule has 1 heterocycles. The average Bonchev–Trinajstić information content (AvgIpc) is 2.25. The number of hydrogen-bond donors (Lipinski definition) is 0. The maximum absolute atomic E-state index is 12.6. The molecular formula is C8H5F5N2O3. The lowest BCUT2D eigenvalue weighted by atomic mass is 10.1. The van der Waals surface area contributed by atoms with E-state index < -0.39 is 40.3 Å². The van der Waals surface area contributed by atoms with Crippen molar-refractivity contribution in [2.24, 2.45) is 0 Å². The highest BCUT2D eigenvalue weighted by molar-refractivity contribution is 5.44. The molecule has 0 aromatic carbocycles. The predicted molar refractivity (Wildman–Crippen MR) is 47.4 cm³/mol. The summed E-state index contributed by atoms with van der Waals surface area (Å²) in [5.41, 5.74) is -3.35. The van der Waals surface area contributed by atoms with Crippen LogP contribution in [0.1, 0.15) is 17.6 Å². The van der Waals surface area contributed by atoms with Crippen LogP contribution in [-0.4, -0.2) is 17.0 Å². The summed E-state index contributed by atoms with van der Waals surface area (Å²) in [7, 11) is 0.747. The average molecular weight is 272 g/mol. The standard InChI is InChI=1S/C8H5F5N2O3/c1-18-7-5(8(11,12)13)3(6(9)10)2-4(14-7)15(16)17/h2,6H,1H3. The fourth-order valence-electron chi connectivity index (χ4n) is 1.23. The molecule has 100 valence electrons. The van der Waals surface area contributed by atoms with Gasteiger partial charge in [0.15, 0.2) is 5.56 Å². The molecule has 0 saturated heterocycles. The van der Waals surface area contributed by atoms with E-state index in [-0.39, 0.29) is 6.07 Å². The maximum Gasteiger partial charge on any atom is 0.424 e. The molecule has 1 aromatic heterocycles. The van der Waals surface area contributed by atoms with Crippen molar-refractivity contribution in [3.8, 4) is 5.88 Å². The number of halogens is 5. The van der Waals surface area contributed by atoms with E-state index in [1.807, 2.05) is 0 Å². The van der Waals surface area contributed by atoms with Crippen LogP contribution in [0.4, 0.5) is 27.8 Å². The van der Waals surface area contributed by atoms with E-state index in [0.29, 0.717) is 0 Å². The van der Waals surface area contributed by atoms with Crippen molar-refractivity contribution in [1.29, 1.82) is 0 Å². The molecule has 0 unspecified atom stereocenters. The molecule has 0 amide bonds. The number of nitro groups is 1. The molecule has 0 spiro atoms. The molecule has 5 nitrogen and oxygen atoms in total. The number of nitrogens with zero attached hydrogens (tertiary/aromatic N) is 2. The Morgan fingerprint density at radius 1 is 1.44 bits per heavy atom. The van der Waals surface area contributed by atoms with E-state index >= 15 is 0 Å². The molecule has 0 atom stereocenters. The first-order valence-electron chi connectivity index (χ1n) is 4.27. The van der Waals surface area contributed by atoms with E-state index in [0.717, 1.165) is 7.11 Å². The molecule has 18 heavy (non-hydrogen) atoms. The van der Waals surface area contributed by atoms with E-state index in [1.54, 1.807) is 0 Å². The number of methoxy groups -OCH3 is 1. The summed E-state index contributed by atoms with van der Waals surface area (Å²) in [5, 5.41) is 10.4. The van der Waals surface area contributed by atoms with Crippen LogP contribution in [0.5, 0.6) is 5.88 Å². The van der Waals surface area contributed by atoms with Crippen molar-refractivity contribution in [3.05, 3.63) is 27.3 Å². The number of alkyl halides is 5. The van der Waals surface area contributed by atoms with Crippen LogP contribution in [0, 0.1) is 10.1 Å². The summed E-state index contributed by atoms with van der Waals surface area (Å²) in [4.78, 5) is 12.1. The second-order valence-corrected chi connectivity index (χ2v) is 3.01. The van der Waals surface area contributed by atoms with E-state index in [1.165, 1.54) is 0 Å². The summed E-state index contributed by atoms with van der Waals surface area (Å²) in [6.07, 6.45) is -8.70. The third kappa shape index (κ3) is 2.63. The van der Waals surface area contributed by atoms with Crippen molar-refractivity contribution < 1.29 is 31.6 Å². The molecule has 0 aliphatic heterocycles. The number of ether oxygens (including phenoxy) is 1. The first kappa shape index (κ1) is 14.1. The SMILES string of the molecule is COc1nc([N+](=O)[O-])cc(C(F)F)c1C(F)(F)F. The Balaban J connectivity index is 3.62. The van der Waals surface area contributed by atoms with Crippen LogP contribution in [0.3, 0.4) is 0 Å². The predicted octanol–water partition coefficient (Wildman–Crippen LogP) is 2.95. The van der Waals surface area contributed by atoms with Crippen molar-refractivity contribution in [2.45, 2.75) is 12.6 Å². The zero-order valence-electron chi connectivity index (χ0n) is 8.66. The molecule has 0 fully saturated rings. The highest BCUT2D eigenvalue weighted by Crippen LogP contribution is 2.42. The minimum atomic E-state index is -5.15. The number of pyridine rings is 1. The zero-order valence-corrected chi connectivity index (χ0v) is 8.66. The molecule has 0 aliphatic rings. The van der Waals surface area contributed by atoms with Crippen LogP contribution in [0.15, 0.2) is 6.07 Å². The molecule has 0 radical (unpaired) electrons. The van der Waals surface area contributed by atoms with Gasteiger partial charge in [0.1, 0.15) is 0 Å². The van der Waals surface area contributed by atoms with Gasteiger partial charge in [-0.15, -0.1) is 0 Å². The summed E-state index contributed by atoms with van der Waals surface area (Å²) < 4.78 is 66.9. The summed E-state index contributed by atoms with van der Waals surface area (Å²) in [6.45, 7) is 0. The fraction of sp³-hybridized carbons (Fsp3) is 0.375. The highest BCUT2D eigenvalue weighted by Gasteiger charge is 2.43. The lowest BCUT2D eigenvalue weighted by Crippen LogP contribution is -2.14. The Labute approximate surface area is 96.3 Å². The molecular weight excluding hydrogens is 267 g/mol. The van der Waals surface area contributed by atoms with Crippen LogP contribution in [0.2, 0.25) is 0 Å². The minimum Gasteiger partial charge on any atom is -0.462 e. The Hall–Kier alpha value is -2.00. The fourth-order valence-corrected chi connectivity index (χ4v) is 1.23. The van der Waals surface area contributed by atoms with Crippen LogP contribution in [0.25, 0.3) is 0 Å². The van der Waals surface area contributed by atoms with Crippen molar-refractivity contribution in [3.63, 3.8) is 0 Å². The van der Waals surface area contributed by atoms with E-state index in [2.05, 4.69) is 9.72 Å². The summed E-state index contributed by atoms with van der Waals surface area (Å²) in [5.74, 6) is -2.40. The molecule has 1 rings (SSSR count). The monoisotopic (exact) mass is 272 g/mol. The van der Waals surface area contributed by atoms with Crippen molar-refractivity contribution in [2.75, 3.05) is 7.11 Å². The normalized spacial score (nSPS) is 11.7. The third-order valence-corrected chi connectivity index (χ3v) is 1.90. The van der Waals surface area contributed by atoms with Gasteiger partial charge >= 0.3 is 17.9 Å². The molecule has 0 N–H and O–H groups in total. The van der Waals surface area contributed by atoms with Crippen molar-refractivity contribution >= 4 is 5.82 Å². The summed E-state index contributed by atoms with van der Waals surface area (Å²) >= 11 is 0. The number of hydrogen-bond acceptors (Lipinski definition) is 4. The first-order valence-corrected chi connectivity index (χ1v) is 4.27. The Morgan fingerprint density at radius 2 is 2.00 bits per heavy atom. The topological polar surface area (TPSA) is 65.3 Å². The van der Waals surface area contributed by atoms with Gasteiger partial charge in [0.25, 0.3) is 6.43 Å². The van der Waals surface area contributed by atoms with Gasteiger partial charge in [-0.1, -0.05) is 0 Å². The van der Waals surface area contributed by atoms with Gasteiger partial charge in [0, 0.05) is 16.6 Å². The zero-order chi connectivity index (χ0) is 14.1. The number of aromatic nitrogens is 1. The highest BCUT2D eigenvalue weighted by atomic mass is 19.4. The Bertz CT molecular complexity index is 475. The van der Waals surface area contributed by atoms with Gasteiger partial charge < -0.3 is 14.9 Å². The molecule has 0 aliphatic carbocycles. The lowest BCUT2D eigenvalue weighted by Gasteiger charge is -2.12. The first-order chi connectivity index (χ1) is 8.18. The minimum absolute atomic E-state index is 0.0794. The third-order valence-electron chi connectivity index (χ3n) is 1.90. The van der Waals surface area contributed by atoms with Crippen LogP contribution >= 0.6 is 0 Å². The van der Waals surface area contributed by atoms with Gasteiger partial charge in [-0.3, -0.25) is 0 Å². The Morgan fingerprint density at radius 3 is 2.33 bits per heavy atom. The molecule has 0 saturated carbocycles. The smallest absolute Gasteiger partial charge is 0.424 e. The van der Waals surface area contributed by atoms with Crippen LogP contribution in [-0.2, 0) is 6.18 Å². The van der Waals surface area contributed by atoms with E-state index in [4.69, 9.17) is 0 Å². The second-order valence-electron chi connectivity index (χ2n) is 3.01. The van der Waals surface area contributed by atoms with Gasteiger partial charge in [0.05, 0.1) is 7.11 Å². The lowest BCUT2D eigenvalue weighted by molar-refractivity contribution is -0.389. The molecule has 10 heteroatoms. The maximum atomic E-state index is 12.6. The van der Waals surface area contributed by atoms with Gasteiger partial charge in [0.2, 0.25) is 0 Å². The Kier molecular flexibility index (Phi) is 3.67. The molecule has 0 bridgehead atoms. The van der Waals surface area contributed by atoms with E-state index in [9.17, 15) is 32.1 Å². The quantitative estimate of drug-likeness (QED) is 0.482.